The Morgan fingerprint density at radius 2 is 1.27 bits per heavy atom. The first kappa shape index (κ1) is 30.2. The van der Waals surface area contributed by atoms with Crippen LogP contribution in [-0.2, 0) is 45.1 Å². The van der Waals surface area contributed by atoms with Gasteiger partial charge in [0.1, 0.15) is 22.4 Å². The second-order valence-electron chi connectivity index (χ2n) is 8.87. The standard InChI is InChI=1S/C26H29N7O5S3/c27-12-13-38-20-8-6-19(7-9-20)17-22(35)29-26-33-31-24(40-26)11-15-41(36,37)14-10-23-30-32-25(39-23)28-21(34)16-18-4-2-1-3-5-18/h1-9H,10-17,27H2,(H,28,32,34)(H,29,33,35). The molecule has 2 aromatic heterocycles. The lowest BCUT2D eigenvalue weighted by atomic mass is 10.1. The summed E-state index contributed by atoms with van der Waals surface area (Å²) in [6.45, 7) is 0.838. The molecule has 15 heteroatoms. The lowest BCUT2D eigenvalue weighted by Gasteiger charge is -2.06. The number of amides is 2. The van der Waals surface area contributed by atoms with E-state index in [1.807, 2.05) is 30.3 Å². The number of hydrogen-bond acceptors (Lipinski definition) is 12. The van der Waals surface area contributed by atoms with E-state index in [1.165, 1.54) is 0 Å². The Kier molecular flexibility index (Phi) is 10.8. The zero-order chi connectivity index (χ0) is 29.1. The molecule has 0 radical (unpaired) electrons. The van der Waals surface area contributed by atoms with Crippen LogP contribution in [0.1, 0.15) is 21.1 Å². The van der Waals surface area contributed by atoms with Gasteiger partial charge in [-0.3, -0.25) is 9.59 Å². The van der Waals surface area contributed by atoms with Crippen molar-refractivity contribution in [1.82, 2.24) is 20.4 Å². The zero-order valence-electron chi connectivity index (χ0n) is 22.0. The van der Waals surface area contributed by atoms with E-state index in [1.54, 1.807) is 24.3 Å². The third-order valence-corrected chi connectivity index (χ3v) is 9.01. The Morgan fingerprint density at radius 1 is 0.756 bits per heavy atom. The molecule has 0 aliphatic rings. The van der Waals surface area contributed by atoms with E-state index in [2.05, 4.69) is 31.0 Å². The molecule has 2 aromatic carbocycles. The molecule has 4 N–H and O–H groups in total. The second kappa shape index (κ2) is 14.7. The molecule has 0 bridgehead atoms. The molecule has 41 heavy (non-hydrogen) atoms. The van der Waals surface area contributed by atoms with E-state index >= 15 is 0 Å². The average molecular weight is 616 g/mol. The summed E-state index contributed by atoms with van der Waals surface area (Å²) >= 11 is 2.29. The van der Waals surface area contributed by atoms with Crippen molar-refractivity contribution >= 4 is 54.6 Å². The predicted octanol–water partition coefficient (Wildman–Crippen LogP) is 2.29. The number of anilines is 2. The minimum absolute atomic E-state index is 0.113. The topological polar surface area (TPSA) is 179 Å². The maximum absolute atomic E-state index is 12.6. The maximum Gasteiger partial charge on any atom is 0.230 e. The highest BCUT2D eigenvalue weighted by Gasteiger charge is 2.17. The molecule has 2 heterocycles. The first-order chi connectivity index (χ1) is 19.8. The van der Waals surface area contributed by atoms with Crippen molar-refractivity contribution in [3.8, 4) is 5.75 Å². The third-order valence-electron chi connectivity index (χ3n) is 5.56. The average Bonchev–Trinajstić information content (AvgIpc) is 3.60. The van der Waals surface area contributed by atoms with E-state index in [0.29, 0.717) is 39.2 Å². The molecule has 4 rings (SSSR count). The summed E-state index contributed by atoms with van der Waals surface area (Å²) in [7, 11) is -3.41. The SMILES string of the molecule is NCCOc1ccc(CC(=O)Nc2nnc(CCS(=O)(=O)CCc3nnc(NC(=O)Cc4ccccc4)s3)s2)cc1. The van der Waals surface area contributed by atoms with Crippen molar-refractivity contribution in [2.24, 2.45) is 5.73 Å². The number of carbonyl (C=O) groups excluding carboxylic acids is 2. The molecule has 4 aromatic rings. The first-order valence-electron chi connectivity index (χ1n) is 12.7. The fourth-order valence-electron chi connectivity index (χ4n) is 3.57. The van der Waals surface area contributed by atoms with Gasteiger partial charge in [0.25, 0.3) is 0 Å². The van der Waals surface area contributed by atoms with Crippen LogP contribution < -0.4 is 21.1 Å². The number of aryl methyl sites for hydroxylation is 2. The van der Waals surface area contributed by atoms with Crippen LogP contribution in [0.3, 0.4) is 0 Å². The number of aromatic nitrogens is 4. The van der Waals surface area contributed by atoms with Crippen LogP contribution in [0.2, 0.25) is 0 Å². The number of rotatable bonds is 15. The highest BCUT2D eigenvalue weighted by Crippen LogP contribution is 2.19. The maximum atomic E-state index is 12.6. The number of nitrogens with zero attached hydrogens (tertiary/aromatic N) is 4. The number of carbonyl (C=O) groups is 2. The van der Waals surface area contributed by atoms with Crippen molar-refractivity contribution < 1.29 is 22.7 Å². The molecular weight excluding hydrogens is 587 g/mol. The van der Waals surface area contributed by atoms with Crippen LogP contribution in [0.5, 0.6) is 5.75 Å². The minimum atomic E-state index is -3.41. The van der Waals surface area contributed by atoms with Crippen LogP contribution >= 0.6 is 22.7 Å². The van der Waals surface area contributed by atoms with Crippen LogP contribution in [0.15, 0.2) is 54.6 Å². The summed E-state index contributed by atoms with van der Waals surface area (Å²) in [5.41, 5.74) is 7.10. The summed E-state index contributed by atoms with van der Waals surface area (Å²) in [5, 5.41) is 22.9. The monoisotopic (exact) mass is 615 g/mol. The molecule has 0 aliphatic carbocycles. The molecular formula is C26H29N7O5S3. The molecule has 0 aliphatic heterocycles. The highest BCUT2D eigenvalue weighted by molar-refractivity contribution is 7.91. The Hall–Kier alpha value is -3.79. The van der Waals surface area contributed by atoms with Crippen molar-refractivity contribution in [2.45, 2.75) is 25.7 Å². The van der Waals surface area contributed by atoms with E-state index in [-0.39, 0.29) is 49.0 Å². The van der Waals surface area contributed by atoms with Gasteiger partial charge in [-0.15, -0.1) is 20.4 Å². The van der Waals surface area contributed by atoms with Crippen LogP contribution in [-0.4, -0.2) is 65.3 Å². The number of benzene rings is 2. The molecule has 0 spiro atoms. The van der Waals surface area contributed by atoms with Crippen LogP contribution in [0.4, 0.5) is 10.3 Å². The van der Waals surface area contributed by atoms with Crippen molar-refractivity contribution in [3.05, 3.63) is 75.7 Å². The highest BCUT2D eigenvalue weighted by atomic mass is 32.2. The van der Waals surface area contributed by atoms with Crippen molar-refractivity contribution in [2.75, 3.05) is 35.3 Å². The molecule has 0 fully saturated rings. The molecule has 0 saturated heterocycles. The van der Waals surface area contributed by atoms with Crippen molar-refractivity contribution in [1.29, 1.82) is 0 Å². The van der Waals surface area contributed by atoms with Gasteiger partial charge < -0.3 is 21.1 Å². The molecule has 216 valence electrons. The van der Waals surface area contributed by atoms with Gasteiger partial charge in [0.2, 0.25) is 22.1 Å². The first-order valence-corrected chi connectivity index (χ1v) is 16.1. The van der Waals surface area contributed by atoms with Crippen LogP contribution in [0, 0.1) is 0 Å². The molecule has 2 amide bonds. The number of nitrogens with two attached hydrogens (primary N) is 1. The summed E-state index contributed by atoms with van der Waals surface area (Å²) < 4.78 is 30.6. The van der Waals surface area contributed by atoms with Gasteiger partial charge in [0.05, 0.1) is 24.3 Å². The van der Waals surface area contributed by atoms with Gasteiger partial charge in [-0.25, -0.2) is 8.42 Å². The Bertz CT molecular complexity index is 1540. The van der Waals surface area contributed by atoms with Gasteiger partial charge in [-0.1, -0.05) is 65.1 Å². The van der Waals surface area contributed by atoms with Crippen LogP contribution in [0.25, 0.3) is 0 Å². The fraction of sp³-hybridized carbons (Fsp3) is 0.308. The summed E-state index contributed by atoms with van der Waals surface area (Å²) in [6.07, 6.45) is 0.717. The Labute approximate surface area is 245 Å². The number of nitrogens with one attached hydrogen (secondary N) is 2. The zero-order valence-corrected chi connectivity index (χ0v) is 24.4. The van der Waals surface area contributed by atoms with E-state index in [0.717, 1.165) is 33.8 Å². The van der Waals surface area contributed by atoms with E-state index < -0.39 is 9.84 Å². The quantitative estimate of drug-likeness (QED) is 0.180. The van der Waals surface area contributed by atoms with Gasteiger partial charge >= 0.3 is 0 Å². The third kappa shape index (κ3) is 10.3. The Balaban J connectivity index is 1.18. The largest absolute Gasteiger partial charge is 0.492 e. The Morgan fingerprint density at radius 3 is 1.78 bits per heavy atom. The van der Waals surface area contributed by atoms with Gasteiger partial charge in [-0.05, 0) is 23.3 Å². The lowest BCUT2D eigenvalue weighted by Crippen LogP contribution is -2.14. The van der Waals surface area contributed by atoms with Gasteiger partial charge in [0.15, 0.2) is 9.84 Å². The van der Waals surface area contributed by atoms with E-state index in [4.69, 9.17) is 10.5 Å². The normalized spacial score (nSPS) is 11.2. The summed E-state index contributed by atoms with van der Waals surface area (Å²) in [5.74, 6) is -0.0314. The van der Waals surface area contributed by atoms with Gasteiger partial charge in [0, 0.05) is 19.4 Å². The molecule has 0 unspecified atom stereocenters. The molecule has 0 saturated carbocycles. The fourth-order valence-corrected chi connectivity index (χ4v) is 6.55. The summed E-state index contributed by atoms with van der Waals surface area (Å²) in [6, 6.07) is 16.5. The number of ether oxygens (including phenoxy) is 1. The predicted molar refractivity (Wildman–Crippen MR) is 158 cm³/mol. The lowest BCUT2D eigenvalue weighted by molar-refractivity contribution is -0.116. The summed E-state index contributed by atoms with van der Waals surface area (Å²) in [4.78, 5) is 24.6. The minimum Gasteiger partial charge on any atom is -0.492 e. The van der Waals surface area contributed by atoms with Gasteiger partial charge in [-0.2, -0.15) is 0 Å². The molecule has 0 atom stereocenters. The molecule has 12 nitrogen and oxygen atoms in total. The number of sulfone groups is 1. The number of hydrogen-bond donors (Lipinski definition) is 3. The van der Waals surface area contributed by atoms with E-state index in [9.17, 15) is 18.0 Å². The smallest absolute Gasteiger partial charge is 0.230 e. The second-order valence-corrected chi connectivity index (χ2v) is 13.3. The van der Waals surface area contributed by atoms with Crippen molar-refractivity contribution in [3.63, 3.8) is 0 Å².